The molecule has 1 aromatic heterocycles. The number of sulfonamides is 1. The van der Waals surface area contributed by atoms with Crippen molar-refractivity contribution >= 4 is 15.9 Å². The van der Waals surface area contributed by atoms with Crippen molar-refractivity contribution in [3.8, 4) is 0 Å². The summed E-state index contributed by atoms with van der Waals surface area (Å²) >= 11 is 0. The Morgan fingerprint density at radius 3 is 2.57 bits per heavy atom. The highest BCUT2D eigenvalue weighted by molar-refractivity contribution is 7.89. The molecule has 0 radical (unpaired) electrons. The molecule has 1 saturated heterocycles. The zero-order chi connectivity index (χ0) is 20.3. The molecule has 0 atom stereocenters. The number of nitrogens with one attached hydrogen (secondary N) is 1. The number of hydrogen-bond donors (Lipinski definition) is 1. The highest BCUT2D eigenvalue weighted by Gasteiger charge is 2.26. The normalized spacial score (nSPS) is 15.6. The van der Waals surface area contributed by atoms with Gasteiger partial charge in [-0.05, 0) is 55.5 Å². The van der Waals surface area contributed by atoms with Crippen LogP contribution in [-0.2, 0) is 17.1 Å². The third-order valence-electron chi connectivity index (χ3n) is 5.12. The van der Waals surface area contributed by atoms with Crippen molar-refractivity contribution in [3.05, 3.63) is 64.1 Å². The van der Waals surface area contributed by atoms with E-state index in [-0.39, 0.29) is 27.8 Å². The van der Waals surface area contributed by atoms with E-state index in [1.807, 2.05) is 13.0 Å². The van der Waals surface area contributed by atoms with Gasteiger partial charge in [-0.25, -0.2) is 13.1 Å². The molecule has 0 aliphatic carbocycles. The average Bonchev–Trinajstić information content (AvgIpc) is 2.68. The number of pyridine rings is 1. The lowest BCUT2D eigenvalue weighted by atomic mass is 9.97. The number of likely N-dealkylation sites (tertiary alicyclic amines) is 1. The van der Waals surface area contributed by atoms with Crippen molar-refractivity contribution in [1.29, 1.82) is 0 Å². The predicted octanol–water partition coefficient (Wildman–Crippen LogP) is 1.52. The third kappa shape index (κ3) is 4.51. The number of piperidine rings is 1. The molecule has 0 unspecified atom stereocenters. The summed E-state index contributed by atoms with van der Waals surface area (Å²) in [6.45, 7) is 3.21. The lowest BCUT2D eigenvalue weighted by Gasteiger charge is -2.32. The van der Waals surface area contributed by atoms with Crippen molar-refractivity contribution < 1.29 is 13.2 Å². The van der Waals surface area contributed by atoms with Crippen LogP contribution >= 0.6 is 0 Å². The Kier molecular flexibility index (Phi) is 6.00. The van der Waals surface area contributed by atoms with Crippen molar-refractivity contribution in [1.82, 2.24) is 14.2 Å². The maximum atomic E-state index is 12.6. The van der Waals surface area contributed by atoms with Crippen molar-refractivity contribution in [2.24, 2.45) is 13.0 Å². The molecule has 1 aliphatic heterocycles. The Morgan fingerprint density at radius 1 is 1.18 bits per heavy atom. The minimum absolute atomic E-state index is 0.155. The highest BCUT2D eigenvalue weighted by atomic mass is 32.2. The van der Waals surface area contributed by atoms with Gasteiger partial charge in [-0.15, -0.1) is 0 Å². The first-order valence-corrected chi connectivity index (χ1v) is 10.8. The second-order valence-electron chi connectivity index (χ2n) is 7.24. The van der Waals surface area contributed by atoms with Crippen LogP contribution in [0.2, 0.25) is 0 Å². The fourth-order valence-electron chi connectivity index (χ4n) is 3.36. The third-order valence-corrected chi connectivity index (χ3v) is 6.54. The largest absolute Gasteiger partial charge is 0.338 e. The maximum Gasteiger partial charge on any atom is 0.263 e. The van der Waals surface area contributed by atoms with Crippen LogP contribution in [0.1, 0.15) is 28.8 Å². The molecule has 1 aromatic carbocycles. The molecule has 0 saturated carbocycles. The summed E-state index contributed by atoms with van der Waals surface area (Å²) in [5.41, 5.74) is 0.755. The monoisotopic (exact) mass is 403 g/mol. The molecule has 1 fully saturated rings. The average molecular weight is 404 g/mol. The van der Waals surface area contributed by atoms with Crippen LogP contribution < -0.4 is 10.3 Å². The number of benzene rings is 1. The minimum Gasteiger partial charge on any atom is -0.338 e. The van der Waals surface area contributed by atoms with Gasteiger partial charge in [0.1, 0.15) is 5.56 Å². The Hall–Kier alpha value is -2.45. The smallest absolute Gasteiger partial charge is 0.263 e. The molecule has 1 N–H and O–H groups in total. The van der Waals surface area contributed by atoms with E-state index in [0.717, 1.165) is 5.56 Å². The zero-order valence-electron chi connectivity index (χ0n) is 16.1. The van der Waals surface area contributed by atoms with Crippen LogP contribution in [0.3, 0.4) is 0 Å². The summed E-state index contributed by atoms with van der Waals surface area (Å²) < 4.78 is 29.0. The van der Waals surface area contributed by atoms with Crippen LogP contribution in [-0.4, -0.2) is 43.4 Å². The molecule has 2 aromatic rings. The molecule has 1 amide bonds. The van der Waals surface area contributed by atoms with Crippen molar-refractivity contribution in [3.63, 3.8) is 0 Å². The van der Waals surface area contributed by atoms with E-state index in [1.54, 1.807) is 48.5 Å². The van der Waals surface area contributed by atoms with E-state index in [1.165, 1.54) is 4.57 Å². The lowest BCUT2D eigenvalue weighted by Crippen LogP contribution is -2.43. The summed E-state index contributed by atoms with van der Waals surface area (Å²) in [7, 11) is -1.92. The number of aryl methyl sites for hydroxylation is 2. The van der Waals surface area contributed by atoms with E-state index in [4.69, 9.17) is 0 Å². The van der Waals surface area contributed by atoms with Gasteiger partial charge in [-0.2, -0.15) is 0 Å². The quantitative estimate of drug-likeness (QED) is 0.820. The Bertz CT molecular complexity index is 1020. The van der Waals surface area contributed by atoms with Crippen LogP contribution in [0.5, 0.6) is 0 Å². The molecule has 28 heavy (non-hydrogen) atoms. The molecular weight excluding hydrogens is 378 g/mol. The first-order chi connectivity index (χ1) is 13.3. The van der Waals surface area contributed by atoms with Gasteiger partial charge in [0.2, 0.25) is 10.0 Å². The van der Waals surface area contributed by atoms with E-state index in [0.29, 0.717) is 32.5 Å². The molecule has 150 valence electrons. The fraction of sp³-hybridized carbons (Fsp3) is 0.400. The molecule has 0 bridgehead atoms. The van der Waals surface area contributed by atoms with Crippen molar-refractivity contribution in [2.45, 2.75) is 24.7 Å². The molecule has 2 heterocycles. The van der Waals surface area contributed by atoms with E-state index >= 15 is 0 Å². The van der Waals surface area contributed by atoms with Crippen molar-refractivity contribution in [2.75, 3.05) is 19.6 Å². The summed E-state index contributed by atoms with van der Waals surface area (Å²) in [5.74, 6) is -0.109. The Balaban J connectivity index is 1.56. The number of carbonyl (C=O) groups excluding carboxylic acids is 1. The molecule has 3 rings (SSSR count). The van der Waals surface area contributed by atoms with Gasteiger partial charge in [0.15, 0.2) is 0 Å². The fourth-order valence-corrected chi connectivity index (χ4v) is 4.58. The topological polar surface area (TPSA) is 88.5 Å². The second-order valence-corrected chi connectivity index (χ2v) is 9.01. The SMILES string of the molecule is Cc1cccc(S(=O)(=O)NCC2CCN(C(=O)c3cccn(C)c3=O)CC2)c1. The highest BCUT2D eigenvalue weighted by Crippen LogP contribution is 2.19. The molecule has 8 heteroatoms. The summed E-state index contributed by atoms with van der Waals surface area (Å²) in [4.78, 5) is 26.7. The predicted molar refractivity (Wildman–Crippen MR) is 107 cm³/mol. The molecular formula is C20H25N3O4S. The molecule has 1 aliphatic rings. The lowest BCUT2D eigenvalue weighted by molar-refractivity contribution is 0.0689. The van der Waals surface area contributed by atoms with Gasteiger partial charge >= 0.3 is 0 Å². The molecule has 0 spiro atoms. The van der Waals surface area contributed by atoms with Gasteiger partial charge < -0.3 is 9.47 Å². The second kappa shape index (κ2) is 8.28. The zero-order valence-corrected chi connectivity index (χ0v) is 16.9. The number of nitrogens with zero attached hydrogens (tertiary/aromatic N) is 2. The van der Waals surface area contributed by atoms with Gasteiger partial charge in [0.05, 0.1) is 4.90 Å². The van der Waals surface area contributed by atoms with Crippen LogP contribution in [0.25, 0.3) is 0 Å². The Morgan fingerprint density at radius 2 is 1.89 bits per heavy atom. The van der Waals surface area contributed by atoms with E-state index in [9.17, 15) is 18.0 Å². The minimum atomic E-state index is -3.54. The standard InChI is InChI=1S/C20H25N3O4S/c1-15-5-3-6-17(13-15)28(26,27)21-14-16-8-11-23(12-9-16)20(25)18-7-4-10-22(2)19(18)24/h3-7,10,13,16,21H,8-9,11-12,14H2,1-2H3. The Labute approximate surface area is 165 Å². The van der Waals surface area contributed by atoms with Crippen LogP contribution in [0.15, 0.2) is 52.3 Å². The van der Waals surface area contributed by atoms with Crippen LogP contribution in [0, 0.1) is 12.8 Å². The maximum absolute atomic E-state index is 12.6. The van der Waals surface area contributed by atoms with E-state index in [2.05, 4.69) is 4.72 Å². The number of amides is 1. The number of carbonyl (C=O) groups is 1. The molecule has 7 nitrogen and oxygen atoms in total. The first-order valence-electron chi connectivity index (χ1n) is 9.29. The summed E-state index contributed by atoms with van der Waals surface area (Å²) in [6, 6.07) is 10.0. The number of aromatic nitrogens is 1. The summed E-state index contributed by atoms with van der Waals surface area (Å²) in [6.07, 6.45) is 3.00. The van der Waals surface area contributed by atoms with Gasteiger partial charge in [-0.3, -0.25) is 9.59 Å². The van der Waals surface area contributed by atoms with Gasteiger partial charge in [0, 0.05) is 32.9 Å². The number of rotatable bonds is 5. The van der Waals surface area contributed by atoms with Crippen LogP contribution in [0.4, 0.5) is 0 Å². The summed E-state index contributed by atoms with van der Waals surface area (Å²) in [5, 5.41) is 0. The number of hydrogen-bond acceptors (Lipinski definition) is 4. The van der Waals surface area contributed by atoms with Gasteiger partial charge in [0.25, 0.3) is 11.5 Å². The first kappa shape index (κ1) is 20.3. The van der Waals surface area contributed by atoms with Gasteiger partial charge in [-0.1, -0.05) is 12.1 Å². The van der Waals surface area contributed by atoms with E-state index < -0.39 is 10.0 Å².